The average molecular weight is 257 g/mol. The lowest BCUT2D eigenvalue weighted by Crippen LogP contribution is -2.58. The van der Waals surface area contributed by atoms with Crippen molar-refractivity contribution in [3.63, 3.8) is 0 Å². The molecule has 0 atom stereocenters. The summed E-state index contributed by atoms with van der Waals surface area (Å²) in [5, 5.41) is 0. The molecule has 0 bridgehead atoms. The number of piperidine rings is 1. The number of nitrogens with zero attached hydrogens (tertiary/aromatic N) is 2. The van der Waals surface area contributed by atoms with Crippen LogP contribution in [0.3, 0.4) is 0 Å². The molecular formula is C10H15BrN3+. The molecule has 0 amide bonds. The van der Waals surface area contributed by atoms with Crippen LogP contribution in [0.15, 0.2) is 22.9 Å². The van der Waals surface area contributed by atoms with Crippen LogP contribution >= 0.6 is 15.9 Å². The molecule has 0 aliphatic carbocycles. The summed E-state index contributed by atoms with van der Waals surface area (Å²) in [6, 6.07) is 4.01. The number of aromatic nitrogens is 1. The molecule has 14 heavy (non-hydrogen) atoms. The highest BCUT2D eigenvalue weighted by atomic mass is 79.9. The van der Waals surface area contributed by atoms with E-state index in [2.05, 4.69) is 27.0 Å². The number of rotatable bonds is 1. The summed E-state index contributed by atoms with van der Waals surface area (Å²) >= 11 is 3.33. The maximum absolute atomic E-state index is 6.31. The maximum atomic E-state index is 6.31. The van der Waals surface area contributed by atoms with Crippen LogP contribution in [0.1, 0.15) is 19.3 Å². The molecule has 2 rings (SSSR count). The summed E-state index contributed by atoms with van der Waals surface area (Å²) in [6.45, 7) is 2.06. The lowest BCUT2D eigenvalue weighted by atomic mass is 10.1. The standard InChI is InChI=1S/C10H15BrN3/c11-10-5-4-9(8-13-10)14(12)6-2-1-3-7-14/h4-5,8H,1-3,6-7,12H2/q+1. The van der Waals surface area contributed by atoms with E-state index in [1.165, 1.54) is 19.3 Å². The molecule has 3 nitrogen and oxygen atoms in total. The molecule has 4 heteroatoms. The van der Waals surface area contributed by atoms with Gasteiger partial charge in [0.05, 0.1) is 6.20 Å². The molecule has 0 unspecified atom stereocenters. The highest BCUT2D eigenvalue weighted by Gasteiger charge is 2.29. The fourth-order valence-electron chi connectivity index (χ4n) is 1.97. The van der Waals surface area contributed by atoms with Crippen LogP contribution in [0.5, 0.6) is 0 Å². The molecule has 1 aliphatic heterocycles. The molecular weight excluding hydrogens is 242 g/mol. The van der Waals surface area contributed by atoms with E-state index in [0.717, 1.165) is 23.4 Å². The Morgan fingerprint density at radius 2 is 1.93 bits per heavy atom. The molecule has 1 fully saturated rings. The third kappa shape index (κ3) is 1.97. The minimum atomic E-state index is 0.556. The summed E-state index contributed by atoms with van der Waals surface area (Å²) < 4.78 is 1.42. The molecule has 0 radical (unpaired) electrons. The van der Waals surface area contributed by atoms with Crippen molar-refractivity contribution in [2.45, 2.75) is 19.3 Å². The Morgan fingerprint density at radius 3 is 2.50 bits per heavy atom. The highest BCUT2D eigenvalue weighted by Crippen LogP contribution is 2.24. The Balaban J connectivity index is 2.23. The molecule has 1 aliphatic rings. The average Bonchev–Trinajstić information content (AvgIpc) is 2.19. The van der Waals surface area contributed by atoms with Crippen LogP contribution in [-0.4, -0.2) is 18.1 Å². The molecule has 76 valence electrons. The first-order valence-electron chi connectivity index (χ1n) is 4.98. The Hall–Kier alpha value is -0.450. The van der Waals surface area contributed by atoms with Gasteiger partial charge < -0.3 is 0 Å². The molecule has 1 aromatic rings. The van der Waals surface area contributed by atoms with E-state index in [1.807, 2.05) is 12.3 Å². The van der Waals surface area contributed by atoms with E-state index in [0.29, 0.717) is 4.59 Å². The Morgan fingerprint density at radius 1 is 1.21 bits per heavy atom. The first-order chi connectivity index (χ1) is 6.71. The number of pyridine rings is 1. The SMILES string of the molecule is N[N+]1(c2ccc(Br)nc2)CCCCC1. The first-order valence-corrected chi connectivity index (χ1v) is 5.78. The van der Waals surface area contributed by atoms with Crippen molar-refractivity contribution in [2.24, 2.45) is 5.84 Å². The van der Waals surface area contributed by atoms with Gasteiger partial charge in [0.1, 0.15) is 17.7 Å². The normalized spacial score (nSPS) is 20.7. The number of halogens is 1. The van der Waals surface area contributed by atoms with Gasteiger partial charge in [-0.3, -0.25) is 0 Å². The zero-order chi connectivity index (χ0) is 10.0. The van der Waals surface area contributed by atoms with Gasteiger partial charge in [-0.25, -0.2) is 9.58 Å². The van der Waals surface area contributed by atoms with Crippen LogP contribution in [-0.2, 0) is 0 Å². The first kappa shape index (κ1) is 10.1. The second-order valence-electron chi connectivity index (χ2n) is 3.88. The van der Waals surface area contributed by atoms with E-state index in [1.54, 1.807) is 0 Å². The summed E-state index contributed by atoms with van der Waals surface area (Å²) in [4.78, 5) is 4.22. The van der Waals surface area contributed by atoms with E-state index < -0.39 is 0 Å². The third-order valence-corrected chi connectivity index (χ3v) is 3.31. The lowest BCUT2D eigenvalue weighted by molar-refractivity contribution is 0.234. The van der Waals surface area contributed by atoms with Crippen molar-refractivity contribution in [1.82, 2.24) is 9.58 Å². The van der Waals surface area contributed by atoms with Crippen molar-refractivity contribution in [1.29, 1.82) is 0 Å². The van der Waals surface area contributed by atoms with Gasteiger partial charge in [-0.15, -0.1) is 0 Å². The quantitative estimate of drug-likeness (QED) is 0.476. The van der Waals surface area contributed by atoms with Crippen LogP contribution in [0.25, 0.3) is 0 Å². The topological polar surface area (TPSA) is 38.9 Å². The molecule has 2 N–H and O–H groups in total. The van der Waals surface area contributed by atoms with Gasteiger partial charge in [-0.2, -0.15) is 5.84 Å². The Labute approximate surface area is 92.6 Å². The number of hydrogen-bond donors (Lipinski definition) is 1. The lowest BCUT2D eigenvalue weighted by Gasteiger charge is -2.35. The van der Waals surface area contributed by atoms with Crippen molar-refractivity contribution < 1.29 is 0 Å². The van der Waals surface area contributed by atoms with Gasteiger partial charge in [0, 0.05) is 6.07 Å². The monoisotopic (exact) mass is 256 g/mol. The van der Waals surface area contributed by atoms with Crippen LogP contribution in [0.4, 0.5) is 5.69 Å². The van der Waals surface area contributed by atoms with E-state index in [4.69, 9.17) is 5.84 Å². The van der Waals surface area contributed by atoms with Gasteiger partial charge in [0.2, 0.25) is 0 Å². The second kappa shape index (κ2) is 3.96. The predicted octanol–water partition coefficient (Wildman–Crippen LogP) is 2.21. The minimum absolute atomic E-state index is 0.556. The maximum Gasteiger partial charge on any atom is 0.170 e. The van der Waals surface area contributed by atoms with Crippen molar-refractivity contribution in [2.75, 3.05) is 13.1 Å². The van der Waals surface area contributed by atoms with Crippen LogP contribution < -0.4 is 10.4 Å². The Kier molecular flexibility index (Phi) is 2.85. The van der Waals surface area contributed by atoms with E-state index >= 15 is 0 Å². The number of nitrogens with two attached hydrogens (primary N) is 1. The van der Waals surface area contributed by atoms with Crippen molar-refractivity contribution in [3.05, 3.63) is 22.9 Å². The van der Waals surface area contributed by atoms with Crippen LogP contribution in [0, 0.1) is 0 Å². The predicted molar refractivity (Wildman–Crippen MR) is 61.5 cm³/mol. The molecule has 0 saturated carbocycles. The van der Waals surface area contributed by atoms with Gasteiger partial charge >= 0.3 is 0 Å². The summed E-state index contributed by atoms with van der Waals surface area (Å²) in [7, 11) is 0. The fraction of sp³-hybridized carbons (Fsp3) is 0.500. The van der Waals surface area contributed by atoms with E-state index in [-0.39, 0.29) is 0 Å². The van der Waals surface area contributed by atoms with Gasteiger partial charge in [-0.1, -0.05) is 0 Å². The zero-order valence-electron chi connectivity index (χ0n) is 8.12. The largest absolute Gasteiger partial charge is 0.243 e. The summed E-state index contributed by atoms with van der Waals surface area (Å²) in [6.07, 6.45) is 5.61. The third-order valence-electron chi connectivity index (χ3n) is 2.84. The zero-order valence-corrected chi connectivity index (χ0v) is 9.70. The minimum Gasteiger partial charge on any atom is -0.243 e. The number of hydrogen-bond acceptors (Lipinski definition) is 2. The molecule has 1 saturated heterocycles. The van der Waals surface area contributed by atoms with Gasteiger partial charge in [0.15, 0.2) is 5.69 Å². The molecule has 0 aromatic carbocycles. The van der Waals surface area contributed by atoms with Crippen molar-refractivity contribution in [3.8, 4) is 0 Å². The summed E-state index contributed by atoms with van der Waals surface area (Å²) in [5.74, 6) is 6.31. The second-order valence-corrected chi connectivity index (χ2v) is 4.69. The van der Waals surface area contributed by atoms with Crippen LogP contribution in [0.2, 0.25) is 0 Å². The summed E-state index contributed by atoms with van der Waals surface area (Å²) in [5.41, 5.74) is 1.12. The number of quaternary nitrogens is 1. The van der Waals surface area contributed by atoms with E-state index in [9.17, 15) is 0 Å². The van der Waals surface area contributed by atoms with Crippen molar-refractivity contribution >= 4 is 21.6 Å². The smallest absolute Gasteiger partial charge is 0.170 e. The van der Waals surface area contributed by atoms with Gasteiger partial charge in [0.25, 0.3) is 0 Å². The molecule has 2 heterocycles. The highest BCUT2D eigenvalue weighted by molar-refractivity contribution is 9.10. The fourth-order valence-corrected chi connectivity index (χ4v) is 2.20. The molecule has 1 aromatic heterocycles. The Bertz CT molecular complexity index is 304. The van der Waals surface area contributed by atoms with Gasteiger partial charge in [-0.05, 0) is 41.3 Å². The molecule has 0 spiro atoms.